The first kappa shape index (κ1) is 24.9. The summed E-state index contributed by atoms with van der Waals surface area (Å²) in [6.45, 7) is 3.84. The molecule has 1 aliphatic rings. The molecule has 0 aromatic heterocycles. The van der Waals surface area contributed by atoms with Gasteiger partial charge in [-0.3, -0.25) is 0 Å². The summed E-state index contributed by atoms with van der Waals surface area (Å²) < 4.78 is 28.1. The maximum Gasteiger partial charge on any atom is 0.134 e. The number of rotatable bonds is 8. The van der Waals surface area contributed by atoms with Crippen LogP contribution >= 0.6 is 27.9 Å². The van der Waals surface area contributed by atoms with Gasteiger partial charge in [-0.15, -0.1) is 0 Å². The second-order valence-corrected chi connectivity index (χ2v) is 10.3. The third-order valence-corrected chi connectivity index (χ3v) is 7.87. The number of hydrogen-bond donors (Lipinski definition) is 0. The fourth-order valence-electron chi connectivity index (χ4n) is 4.18. The van der Waals surface area contributed by atoms with E-state index < -0.39 is 0 Å². The molecule has 0 aliphatic carbocycles. The lowest BCUT2D eigenvalue weighted by atomic mass is 10.1. The van der Waals surface area contributed by atoms with Crippen LogP contribution in [-0.2, 0) is 6.54 Å². The van der Waals surface area contributed by atoms with Gasteiger partial charge in [0.2, 0.25) is 0 Å². The summed E-state index contributed by atoms with van der Waals surface area (Å²) in [4.78, 5) is 3.41. The van der Waals surface area contributed by atoms with E-state index in [1.165, 1.54) is 17.7 Å². The van der Waals surface area contributed by atoms with E-state index in [0.29, 0.717) is 6.04 Å². The van der Waals surface area contributed by atoms with E-state index in [1.807, 2.05) is 24.3 Å². The average Bonchev–Trinajstić information content (AvgIpc) is 2.99. The van der Waals surface area contributed by atoms with Crippen LogP contribution in [0.25, 0.3) is 0 Å². The van der Waals surface area contributed by atoms with Crippen LogP contribution < -0.4 is 14.4 Å². The molecule has 1 atom stereocenters. The monoisotopic (exact) mass is 544 g/mol. The summed E-state index contributed by atoms with van der Waals surface area (Å²) in [6.07, 6.45) is 3.36. The van der Waals surface area contributed by atoms with Crippen molar-refractivity contribution in [3.05, 3.63) is 76.5 Å². The van der Waals surface area contributed by atoms with Crippen LogP contribution in [0.4, 0.5) is 15.8 Å². The van der Waals surface area contributed by atoms with Crippen molar-refractivity contribution in [1.29, 1.82) is 0 Å². The van der Waals surface area contributed by atoms with Gasteiger partial charge in [0, 0.05) is 24.8 Å². The van der Waals surface area contributed by atoms with Gasteiger partial charge in [0.15, 0.2) is 0 Å². The van der Waals surface area contributed by atoms with Gasteiger partial charge < -0.3 is 14.4 Å². The van der Waals surface area contributed by atoms with Gasteiger partial charge in [0.25, 0.3) is 0 Å². The molecule has 4 nitrogen and oxygen atoms in total. The van der Waals surface area contributed by atoms with E-state index in [-0.39, 0.29) is 5.82 Å². The zero-order valence-electron chi connectivity index (χ0n) is 19.8. The molecule has 0 amide bonds. The SMILES string of the molecule is CCCCC1CN(c2ccc(F)cc2)c2cc(Br)c(OC)cc2SN1Cc1ccc(OC)cc1. The Kier molecular flexibility index (Phi) is 8.40. The van der Waals surface area contributed by atoms with Crippen molar-refractivity contribution in [3.8, 4) is 11.5 Å². The number of methoxy groups -OCH3 is 2. The molecule has 4 rings (SSSR count). The molecule has 0 saturated heterocycles. The van der Waals surface area contributed by atoms with Crippen LogP contribution in [0.1, 0.15) is 31.7 Å². The summed E-state index contributed by atoms with van der Waals surface area (Å²) in [7, 11) is 3.37. The fraction of sp³-hybridized carbons (Fsp3) is 0.333. The van der Waals surface area contributed by atoms with E-state index in [0.717, 1.165) is 64.6 Å². The van der Waals surface area contributed by atoms with Gasteiger partial charge in [-0.05, 0) is 88.4 Å². The van der Waals surface area contributed by atoms with Gasteiger partial charge in [-0.2, -0.15) is 0 Å². The molecule has 0 fully saturated rings. The highest BCUT2D eigenvalue weighted by atomic mass is 79.9. The van der Waals surface area contributed by atoms with Crippen LogP contribution in [0, 0.1) is 5.82 Å². The number of ether oxygens (including phenoxy) is 2. The lowest BCUT2D eigenvalue weighted by Crippen LogP contribution is -2.37. The standard InChI is InChI=1S/C27H30BrFN2O2S/c1-4-5-6-22-18-30(21-11-9-20(29)10-12-21)25-15-24(28)26(33-3)16-27(25)34-31(22)17-19-7-13-23(32-2)14-8-19/h7-16,22H,4-6,17-18H2,1-3H3. The molecule has 1 aliphatic heterocycles. The number of anilines is 2. The molecule has 180 valence electrons. The molecule has 3 aromatic carbocycles. The average molecular weight is 546 g/mol. The molecular weight excluding hydrogens is 515 g/mol. The maximum atomic E-state index is 13.7. The minimum absolute atomic E-state index is 0.229. The first-order valence-electron chi connectivity index (χ1n) is 11.5. The van der Waals surface area contributed by atoms with Gasteiger partial charge >= 0.3 is 0 Å². The number of hydrogen-bond acceptors (Lipinski definition) is 5. The Balaban J connectivity index is 1.76. The predicted octanol–water partition coefficient (Wildman–Crippen LogP) is 7.83. The molecule has 0 saturated carbocycles. The summed E-state index contributed by atoms with van der Waals surface area (Å²) in [6, 6.07) is 19.6. The molecule has 1 heterocycles. The fourth-order valence-corrected chi connectivity index (χ4v) is 5.88. The van der Waals surface area contributed by atoms with Crippen LogP contribution in [0.15, 0.2) is 70.0 Å². The normalized spacial score (nSPS) is 16.1. The topological polar surface area (TPSA) is 24.9 Å². The Labute approximate surface area is 214 Å². The number of fused-ring (bicyclic) bond motifs is 1. The molecule has 34 heavy (non-hydrogen) atoms. The minimum atomic E-state index is -0.229. The van der Waals surface area contributed by atoms with Crippen molar-refractivity contribution < 1.29 is 13.9 Å². The first-order chi connectivity index (χ1) is 16.5. The van der Waals surface area contributed by atoms with E-state index >= 15 is 0 Å². The number of benzene rings is 3. The van der Waals surface area contributed by atoms with Crippen molar-refractivity contribution in [1.82, 2.24) is 4.31 Å². The molecule has 1 unspecified atom stereocenters. The summed E-state index contributed by atoms with van der Waals surface area (Å²) >= 11 is 5.43. The second-order valence-electron chi connectivity index (χ2n) is 8.35. The molecule has 0 N–H and O–H groups in total. The van der Waals surface area contributed by atoms with Crippen molar-refractivity contribution in [3.63, 3.8) is 0 Å². The van der Waals surface area contributed by atoms with Crippen LogP contribution in [0.3, 0.4) is 0 Å². The van der Waals surface area contributed by atoms with Crippen LogP contribution in [0.2, 0.25) is 0 Å². The second kappa shape index (κ2) is 11.5. The number of nitrogens with zero attached hydrogens (tertiary/aromatic N) is 2. The molecule has 7 heteroatoms. The summed E-state index contributed by atoms with van der Waals surface area (Å²) in [5, 5.41) is 0. The Morgan fingerprint density at radius 1 is 1.03 bits per heavy atom. The number of unbranched alkanes of at least 4 members (excludes halogenated alkanes) is 1. The van der Waals surface area contributed by atoms with E-state index in [9.17, 15) is 4.39 Å². The zero-order chi connectivity index (χ0) is 24.1. The maximum absolute atomic E-state index is 13.7. The van der Waals surface area contributed by atoms with E-state index in [4.69, 9.17) is 9.47 Å². The minimum Gasteiger partial charge on any atom is -0.497 e. The highest BCUT2D eigenvalue weighted by Gasteiger charge is 2.30. The van der Waals surface area contributed by atoms with Gasteiger partial charge in [-0.25, -0.2) is 8.70 Å². The lowest BCUT2D eigenvalue weighted by Gasteiger charge is -2.32. The molecule has 3 aromatic rings. The Bertz CT molecular complexity index is 1100. The zero-order valence-corrected chi connectivity index (χ0v) is 22.2. The van der Waals surface area contributed by atoms with Crippen LogP contribution in [0.5, 0.6) is 11.5 Å². The Hall–Kier alpha value is -2.22. The molecule has 0 spiro atoms. The first-order valence-corrected chi connectivity index (χ1v) is 13.1. The summed E-state index contributed by atoms with van der Waals surface area (Å²) in [5.41, 5.74) is 3.30. The highest BCUT2D eigenvalue weighted by molar-refractivity contribution is 9.10. The Morgan fingerprint density at radius 2 is 1.76 bits per heavy atom. The largest absolute Gasteiger partial charge is 0.497 e. The van der Waals surface area contributed by atoms with Gasteiger partial charge in [0.05, 0.1) is 29.3 Å². The van der Waals surface area contributed by atoms with Crippen molar-refractivity contribution in [2.24, 2.45) is 0 Å². The third-order valence-electron chi connectivity index (χ3n) is 6.07. The van der Waals surface area contributed by atoms with Crippen LogP contribution in [-0.4, -0.2) is 31.1 Å². The highest BCUT2D eigenvalue weighted by Crippen LogP contribution is 2.46. The molecular formula is C27H30BrFN2O2S. The van der Waals surface area contributed by atoms with Gasteiger partial charge in [0.1, 0.15) is 17.3 Å². The van der Waals surface area contributed by atoms with Gasteiger partial charge in [-0.1, -0.05) is 31.9 Å². The predicted molar refractivity (Wildman–Crippen MR) is 142 cm³/mol. The smallest absolute Gasteiger partial charge is 0.134 e. The Morgan fingerprint density at radius 3 is 2.41 bits per heavy atom. The lowest BCUT2D eigenvalue weighted by molar-refractivity contribution is 0.328. The quantitative estimate of drug-likeness (QED) is 0.269. The summed E-state index contributed by atoms with van der Waals surface area (Å²) in [5.74, 6) is 1.42. The van der Waals surface area contributed by atoms with E-state index in [1.54, 1.807) is 26.2 Å². The van der Waals surface area contributed by atoms with Crippen molar-refractivity contribution in [2.45, 2.75) is 43.7 Å². The number of halogens is 2. The van der Waals surface area contributed by atoms with Crippen molar-refractivity contribution in [2.75, 3.05) is 25.7 Å². The van der Waals surface area contributed by atoms with Crippen molar-refractivity contribution >= 4 is 39.3 Å². The molecule has 0 bridgehead atoms. The third kappa shape index (κ3) is 5.70. The van der Waals surface area contributed by atoms with E-state index in [2.05, 4.69) is 56.3 Å². The molecule has 0 radical (unpaired) electrons.